The van der Waals surface area contributed by atoms with Crippen LogP contribution in [-0.2, 0) is 6.54 Å². The maximum Gasteiger partial charge on any atom is 0.256 e. The number of hydrogen-bond acceptors (Lipinski definition) is 3. The number of nitrogens with one attached hydrogen (secondary N) is 1. The Morgan fingerprint density at radius 3 is 3.00 bits per heavy atom. The Hall–Kier alpha value is -1.08. The highest BCUT2D eigenvalue weighted by atomic mass is 32.1. The van der Waals surface area contributed by atoms with Gasteiger partial charge in [-0.05, 0) is 23.7 Å². The van der Waals surface area contributed by atoms with E-state index in [0.29, 0.717) is 5.82 Å². The van der Waals surface area contributed by atoms with Gasteiger partial charge < -0.3 is 0 Å². The summed E-state index contributed by atoms with van der Waals surface area (Å²) < 4.78 is 26.1. The molecule has 0 aliphatic carbocycles. The monoisotopic (exact) mass is 247 g/mol. The van der Waals surface area contributed by atoms with Crippen LogP contribution in [0.4, 0.5) is 8.78 Å². The highest BCUT2D eigenvalue weighted by molar-refractivity contribution is 7.71. The molecule has 0 aliphatic rings. The summed E-state index contributed by atoms with van der Waals surface area (Å²) in [6.07, 6.45) is -2.44. The van der Waals surface area contributed by atoms with E-state index in [9.17, 15) is 8.78 Å². The number of H-pyrrole nitrogens is 1. The largest absolute Gasteiger partial charge is 0.294 e. The van der Waals surface area contributed by atoms with Gasteiger partial charge in [0.2, 0.25) is 0 Å². The van der Waals surface area contributed by atoms with Gasteiger partial charge >= 0.3 is 0 Å². The molecule has 0 bridgehead atoms. The number of halogens is 2. The van der Waals surface area contributed by atoms with E-state index in [2.05, 4.69) is 10.2 Å². The van der Waals surface area contributed by atoms with Gasteiger partial charge in [-0.15, -0.1) is 0 Å². The molecule has 0 fully saturated rings. The molecular formula is C8H7F2N3S2. The van der Waals surface area contributed by atoms with Crippen LogP contribution in [-0.4, -0.2) is 21.2 Å². The van der Waals surface area contributed by atoms with Crippen LogP contribution in [0, 0.1) is 4.77 Å². The molecule has 2 aromatic rings. The van der Waals surface area contributed by atoms with Crippen molar-refractivity contribution in [2.24, 2.45) is 0 Å². The minimum atomic E-state index is -2.44. The summed E-state index contributed by atoms with van der Waals surface area (Å²) in [4.78, 5) is 0. The predicted octanol–water partition coefficient (Wildman–Crippen LogP) is 2.93. The summed E-state index contributed by atoms with van der Waals surface area (Å²) in [5.74, 6) is 0.460. The molecule has 0 aromatic carbocycles. The molecule has 0 saturated carbocycles. The van der Waals surface area contributed by atoms with E-state index in [1.54, 1.807) is 0 Å². The molecule has 7 heteroatoms. The SMILES string of the molecule is FC(F)Cn1c(-c2ccsc2)n[nH]c1=S. The van der Waals surface area contributed by atoms with E-state index in [1.807, 2.05) is 16.8 Å². The van der Waals surface area contributed by atoms with Crippen molar-refractivity contribution in [3.8, 4) is 11.4 Å². The lowest BCUT2D eigenvalue weighted by Gasteiger charge is -2.03. The van der Waals surface area contributed by atoms with Gasteiger partial charge in [0.25, 0.3) is 6.43 Å². The molecule has 80 valence electrons. The summed E-state index contributed by atoms with van der Waals surface area (Å²) in [5.41, 5.74) is 0.799. The zero-order valence-corrected chi connectivity index (χ0v) is 9.12. The molecule has 0 saturated heterocycles. The Labute approximate surface area is 93.4 Å². The molecule has 2 rings (SSSR count). The fourth-order valence-corrected chi connectivity index (χ4v) is 2.08. The van der Waals surface area contributed by atoms with Crippen LogP contribution in [0.25, 0.3) is 11.4 Å². The third-order valence-corrected chi connectivity index (χ3v) is 2.85. The minimum Gasteiger partial charge on any atom is -0.294 e. The molecule has 0 spiro atoms. The number of aromatic amines is 1. The Balaban J connectivity index is 2.45. The molecule has 3 nitrogen and oxygen atoms in total. The standard InChI is InChI=1S/C8H7F2N3S2/c9-6(10)3-13-7(11-12-8(13)14)5-1-2-15-4-5/h1-2,4,6H,3H2,(H,12,14). The zero-order chi connectivity index (χ0) is 10.8. The van der Waals surface area contributed by atoms with Gasteiger partial charge in [-0.3, -0.25) is 9.67 Å². The Kier molecular flexibility index (Phi) is 2.92. The second kappa shape index (κ2) is 4.19. The quantitative estimate of drug-likeness (QED) is 0.846. The number of aromatic nitrogens is 3. The van der Waals surface area contributed by atoms with E-state index < -0.39 is 13.0 Å². The van der Waals surface area contributed by atoms with Crippen LogP contribution in [0.15, 0.2) is 16.8 Å². The van der Waals surface area contributed by atoms with Gasteiger partial charge in [-0.2, -0.15) is 16.4 Å². The van der Waals surface area contributed by atoms with E-state index >= 15 is 0 Å². The van der Waals surface area contributed by atoms with Crippen molar-refractivity contribution in [3.05, 3.63) is 21.6 Å². The number of rotatable bonds is 3. The topological polar surface area (TPSA) is 33.6 Å². The van der Waals surface area contributed by atoms with Crippen LogP contribution in [0.3, 0.4) is 0 Å². The molecule has 15 heavy (non-hydrogen) atoms. The lowest BCUT2D eigenvalue weighted by atomic mass is 10.3. The Morgan fingerprint density at radius 1 is 1.60 bits per heavy atom. The van der Waals surface area contributed by atoms with Crippen molar-refractivity contribution in [2.45, 2.75) is 13.0 Å². The van der Waals surface area contributed by atoms with Crippen molar-refractivity contribution in [1.82, 2.24) is 14.8 Å². The van der Waals surface area contributed by atoms with Gasteiger partial charge in [0, 0.05) is 10.9 Å². The van der Waals surface area contributed by atoms with Crippen LogP contribution in [0.5, 0.6) is 0 Å². The summed E-state index contributed by atoms with van der Waals surface area (Å²) >= 11 is 6.36. The van der Waals surface area contributed by atoms with E-state index in [-0.39, 0.29) is 4.77 Å². The molecule has 0 radical (unpaired) electrons. The molecule has 2 heterocycles. The van der Waals surface area contributed by atoms with Crippen molar-refractivity contribution in [1.29, 1.82) is 0 Å². The second-order valence-corrected chi connectivity index (χ2v) is 4.03. The van der Waals surface area contributed by atoms with Crippen LogP contribution in [0.2, 0.25) is 0 Å². The molecule has 0 atom stereocenters. The van der Waals surface area contributed by atoms with Gasteiger partial charge in [0.1, 0.15) is 0 Å². The van der Waals surface area contributed by atoms with Crippen LogP contribution < -0.4 is 0 Å². The lowest BCUT2D eigenvalue weighted by molar-refractivity contribution is 0.126. The summed E-state index contributed by atoms with van der Waals surface area (Å²) in [5, 5.41) is 10.1. The number of hydrogen-bond donors (Lipinski definition) is 1. The molecule has 0 amide bonds. The maximum absolute atomic E-state index is 12.3. The minimum absolute atomic E-state index is 0.219. The summed E-state index contributed by atoms with van der Waals surface area (Å²) in [6.45, 7) is -0.430. The third-order valence-electron chi connectivity index (χ3n) is 1.86. The van der Waals surface area contributed by atoms with Crippen LogP contribution >= 0.6 is 23.6 Å². The molecular weight excluding hydrogens is 240 g/mol. The lowest BCUT2D eigenvalue weighted by Crippen LogP contribution is -2.08. The predicted molar refractivity (Wildman–Crippen MR) is 56.7 cm³/mol. The first kappa shape index (κ1) is 10.4. The van der Waals surface area contributed by atoms with Crippen molar-refractivity contribution in [3.63, 3.8) is 0 Å². The average Bonchev–Trinajstić information content (AvgIpc) is 2.76. The molecule has 0 unspecified atom stereocenters. The molecule has 2 aromatic heterocycles. The fourth-order valence-electron chi connectivity index (χ4n) is 1.24. The number of thiophene rings is 1. The average molecular weight is 247 g/mol. The highest BCUT2D eigenvalue weighted by Gasteiger charge is 2.12. The first-order valence-corrected chi connectivity index (χ1v) is 5.49. The molecule has 1 N–H and O–H groups in total. The Bertz CT molecular complexity index is 486. The second-order valence-electron chi connectivity index (χ2n) is 2.87. The van der Waals surface area contributed by atoms with Crippen LogP contribution in [0.1, 0.15) is 0 Å². The number of nitrogens with zero attached hydrogens (tertiary/aromatic N) is 2. The summed E-state index contributed by atoms with van der Waals surface area (Å²) in [6, 6.07) is 1.82. The van der Waals surface area contributed by atoms with Crippen molar-refractivity contribution >= 4 is 23.6 Å². The van der Waals surface area contributed by atoms with Crippen molar-refractivity contribution in [2.75, 3.05) is 0 Å². The van der Waals surface area contributed by atoms with E-state index in [0.717, 1.165) is 5.56 Å². The van der Waals surface area contributed by atoms with E-state index in [1.165, 1.54) is 15.9 Å². The van der Waals surface area contributed by atoms with Gasteiger partial charge in [-0.1, -0.05) is 0 Å². The normalized spacial score (nSPS) is 11.1. The summed E-state index contributed by atoms with van der Waals surface area (Å²) in [7, 11) is 0. The zero-order valence-electron chi connectivity index (χ0n) is 7.48. The smallest absolute Gasteiger partial charge is 0.256 e. The van der Waals surface area contributed by atoms with Crippen molar-refractivity contribution < 1.29 is 8.78 Å². The first-order valence-electron chi connectivity index (χ1n) is 4.14. The number of alkyl halides is 2. The van der Waals surface area contributed by atoms with Gasteiger partial charge in [0.05, 0.1) is 6.54 Å². The highest BCUT2D eigenvalue weighted by Crippen LogP contribution is 2.20. The molecule has 0 aliphatic heterocycles. The third kappa shape index (κ3) is 2.13. The van der Waals surface area contributed by atoms with E-state index in [4.69, 9.17) is 12.2 Å². The Morgan fingerprint density at radius 2 is 2.40 bits per heavy atom. The van der Waals surface area contributed by atoms with Gasteiger partial charge in [0.15, 0.2) is 10.6 Å². The maximum atomic E-state index is 12.3. The first-order chi connectivity index (χ1) is 7.18. The fraction of sp³-hybridized carbons (Fsp3) is 0.250. The van der Waals surface area contributed by atoms with Gasteiger partial charge in [-0.25, -0.2) is 8.78 Å².